The minimum atomic E-state index is -1.16. The van der Waals surface area contributed by atoms with Crippen LogP contribution >= 0.6 is 0 Å². The number of fused-ring (bicyclic) bond motifs is 1. The summed E-state index contributed by atoms with van der Waals surface area (Å²) in [6, 6.07) is 15.5. The van der Waals surface area contributed by atoms with Crippen molar-refractivity contribution in [2.24, 2.45) is 0 Å². The van der Waals surface area contributed by atoms with Crippen molar-refractivity contribution in [1.29, 1.82) is 0 Å². The quantitative estimate of drug-likeness (QED) is 0.940. The fraction of sp³-hybridized carbons (Fsp3) is 0.350. The predicted molar refractivity (Wildman–Crippen MR) is 93.0 cm³/mol. The van der Waals surface area contributed by atoms with E-state index in [1.54, 1.807) is 43.3 Å². The Morgan fingerprint density at radius 3 is 2.71 bits per heavy atom. The number of aliphatic hydroxyl groups is 1. The molecule has 1 amide bonds. The lowest BCUT2D eigenvalue weighted by molar-refractivity contribution is -0.141. The zero-order chi connectivity index (χ0) is 17.1. The van der Waals surface area contributed by atoms with Gasteiger partial charge in [0.1, 0.15) is 5.75 Å². The molecule has 126 valence electrons. The number of carbonyl (C=O) groups excluding carboxylic acids is 1. The van der Waals surface area contributed by atoms with Gasteiger partial charge in [0.15, 0.2) is 6.10 Å². The number of likely N-dealkylation sites (N-methyl/N-ethyl adjacent to an activating group) is 1. The molecule has 0 aliphatic heterocycles. The molecule has 2 unspecified atom stereocenters. The summed E-state index contributed by atoms with van der Waals surface area (Å²) in [5, 5.41) is 10.5. The Bertz CT molecular complexity index is 728. The molecule has 1 N–H and O–H groups in total. The lowest BCUT2D eigenvalue weighted by Gasteiger charge is -2.33. The van der Waals surface area contributed by atoms with E-state index >= 15 is 0 Å². The lowest BCUT2D eigenvalue weighted by atomic mass is 9.87. The van der Waals surface area contributed by atoms with Crippen molar-refractivity contribution in [3.63, 3.8) is 0 Å². The van der Waals surface area contributed by atoms with E-state index < -0.39 is 6.10 Å². The normalized spacial score (nSPS) is 17.7. The van der Waals surface area contributed by atoms with Crippen molar-refractivity contribution in [3.05, 3.63) is 65.2 Å². The maximum Gasteiger partial charge on any atom is 0.256 e. The second-order valence-electron chi connectivity index (χ2n) is 6.29. The number of amides is 1. The van der Waals surface area contributed by atoms with E-state index in [0.29, 0.717) is 11.3 Å². The smallest absolute Gasteiger partial charge is 0.256 e. The highest BCUT2D eigenvalue weighted by molar-refractivity contribution is 5.82. The predicted octanol–water partition coefficient (Wildman–Crippen LogP) is 2.74. The Balaban J connectivity index is 1.72. The van der Waals surface area contributed by atoms with Crippen LogP contribution in [0, 0.1) is 0 Å². The van der Waals surface area contributed by atoms with E-state index in [0.717, 1.165) is 19.3 Å². The Morgan fingerprint density at radius 2 is 1.96 bits per heavy atom. The monoisotopic (exact) mass is 325 g/mol. The minimum absolute atomic E-state index is 0.118. The second-order valence-corrected chi connectivity index (χ2v) is 6.29. The first-order valence-corrected chi connectivity index (χ1v) is 8.25. The number of rotatable bonds is 4. The largest absolute Gasteiger partial charge is 0.497 e. The van der Waals surface area contributed by atoms with Crippen molar-refractivity contribution < 1.29 is 14.6 Å². The molecule has 24 heavy (non-hydrogen) atoms. The van der Waals surface area contributed by atoms with Gasteiger partial charge in [-0.1, -0.05) is 36.4 Å². The lowest BCUT2D eigenvalue weighted by Crippen LogP contribution is -2.42. The fourth-order valence-electron chi connectivity index (χ4n) is 3.34. The Hall–Kier alpha value is -2.33. The summed E-state index contributed by atoms with van der Waals surface area (Å²) in [5.41, 5.74) is 3.22. The average Bonchev–Trinajstić information content (AvgIpc) is 2.65. The summed E-state index contributed by atoms with van der Waals surface area (Å²) in [5.74, 6) is 0.362. The number of methoxy groups -OCH3 is 1. The van der Waals surface area contributed by atoms with Crippen LogP contribution in [0.2, 0.25) is 0 Å². The van der Waals surface area contributed by atoms with Crippen LogP contribution in [0.4, 0.5) is 0 Å². The zero-order valence-corrected chi connectivity index (χ0v) is 14.1. The molecule has 0 bridgehead atoms. The van der Waals surface area contributed by atoms with Gasteiger partial charge in [0.05, 0.1) is 7.11 Å². The van der Waals surface area contributed by atoms with Gasteiger partial charge in [-0.2, -0.15) is 0 Å². The van der Waals surface area contributed by atoms with Gasteiger partial charge in [0, 0.05) is 13.1 Å². The second kappa shape index (κ2) is 7.05. The van der Waals surface area contributed by atoms with E-state index in [4.69, 9.17) is 4.74 Å². The van der Waals surface area contributed by atoms with Crippen LogP contribution in [0.3, 0.4) is 0 Å². The first-order chi connectivity index (χ1) is 11.6. The molecule has 0 fully saturated rings. The average molecular weight is 325 g/mol. The first kappa shape index (κ1) is 16.5. The number of ether oxygens (including phenoxy) is 1. The highest BCUT2D eigenvalue weighted by Crippen LogP contribution is 2.26. The SMILES string of the molecule is COc1cccc(C(O)C(=O)N(C)C2CCc3ccccc3C2)c1. The zero-order valence-electron chi connectivity index (χ0n) is 14.1. The number of hydrogen-bond acceptors (Lipinski definition) is 3. The summed E-state index contributed by atoms with van der Waals surface area (Å²) in [6.07, 6.45) is 1.56. The third kappa shape index (κ3) is 3.29. The summed E-state index contributed by atoms with van der Waals surface area (Å²) in [6.45, 7) is 0. The van der Waals surface area contributed by atoms with E-state index in [9.17, 15) is 9.90 Å². The Morgan fingerprint density at radius 1 is 1.21 bits per heavy atom. The molecule has 3 rings (SSSR count). The number of benzene rings is 2. The van der Waals surface area contributed by atoms with Crippen LogP contribution in [0.15, 0.2) is 48.5 Å². The van der Waals surface area contributed by atoms with Crippen molar-refractivity contribution in [1.82, 2.24) is 4.90 Å². The third-order valence-corrected chi connectivity index (χ3v) is 4.86. The molecule has 4 nitrogen and oxygen atoms in total. The fourth-order valence-corrected chi connectivity index (χ4v) is 3.34. The molecule has 0 radical (unpaired) electrons. The van der Waals surface area contributed by atoms with Crippen molar-refractivity contribution in [2.75, 3.05) is 14.2 Å². The van der Waals surface area contributed by atoms with Crippen LogP contribution in [-0.2, 0) is 17.6 Å². The maximum absolute atomic E-state index is 12.7. The van der Waals surface area contributed by atoms with E-state index in [1.165, 1.54) is 11.1 Å². The van der Waals surface area contributed by atoms with Gasteiger partial charge in [-0.25, -0.2) is 0 Å². The van der Waals surface area contributed by atoms with Crippen LogP contribution in [0.5, 0.6) is 5.75 Å². The molecule has 0 saturated carbocycles. The molecular formula is C20H23NO3. The van der Waals surface area contributed by atoms with Crippen LogP contribution in [0.1, 0.15) is 29.2 Å². The van der Waals surface area contributed by atoms with E-state index in [2.05, 4.69) is 18.2 Å². The van der Waals surface area contributed by atoms with Crippen LogP contribution < -0.4 is 4.74 Å². The number of aliphatic hydroxyl groups excluding tert-OH is 1. The molecule has 0 heterocycles. The van der Waals surface area contributed by atoms with E-state index in [-0.39, 0.29) is 11.9 Å². The van der Waals surface area contributed by atoms with Gasteiger partial charge < -0.3 is 14.7 Å². The van der Waals surface area contributed by atoms with Gasteiger partial charge in [-0.15, -0.1) is 0 Å². The summed E-state index contributed by atoms with van der Waals surface area (Å²) < 4.78 is 5.16. The number of hydrogen-bond donors (Lipinski definition) is 1. The maximum atomic E-state index is 12.7. The number of carbonyl (C=O) groups is 1. The number of nitrogens with zero attached hydrogens (tertiary/aromatic N) is 1. The summed E-state index contributed by atoms with van der Waals surface area (Å²) in [4.78, 5) is 14.4. The molecule has 0 spiro atoms. The van der Waals surface area contributed by atoms with Gasteiger partial charge in [-0.05, 0) is 48.1 Å². The first-order valence-electron chi connectivity index (χ1n) is 8.25. The number of aryl methyl sites for hydroxylation is 1. The molecule has 2 aromatic rings. The highest BCUT2D eigenvalue weighted by atomic mass is 16.5. The van der Waals surface area contributed by atoms with Gasteiger partial charge in [0.25, 0.3) is 5.91 Å². The van der Waals surface area contributed by atoms with Gasteiger partial charge in [-0.3, -0.25) is 4.79 Å². The standard InChI is InChI=1S/C20H23NO3/c1-21(17-11-10-14-6-3-4-7-15(14)12-17)20(23)19(22)16-8-5-9-18(13-16)24-2/h3-9,13,17,19,22H,10-12H2,1-2H3. The van der Waals surface area contributed by atoms with Gasteiger partial charge in [0.2, 0.25) is 0 Å². The third-order valence-electron chi connectivity index (χ3n) is 4.86. The topological polar surface area (TPSA) is 49.8 Å². The molecule has 0 aromatic heterocycles. The Kier molecular flexibility index (Phi) is 4.86. The molecule has 2 aromatic carbocycles. The minimum Gasteiger partial charge on any atom is -0.497 e. The van der Waals surface area contributed by atoms with E-state index in [1.807, 2.05) is 6.07 Å². The van der Waals surface area contributed by atoms with Crippen molar-refractivity contribution >= 4 is 5.91 Å². The molecule has 2 atom stereocenters. The van der Waals surface area contributed by atoms with Crippen LogP contribution in [0.25, 0.3) is 0 Å². The molecule has 1 aliphatic carbocycles. The molecular weight excluding hydrogens is 302 g/mol. The van der Waals surface area contributed by atoms with Crippen molar-refractivity contribution in [2.45, 2.75) is 31.4 Å². The highest BCUT2D eigenvalue weighted by Gasteiger charge is 2.29. The Labute approximate surface area is 142 Å². The molecule has 1 aliphatic rings. The molecule has 0 saturated heterocycles. The summed E-state index contributed by atoms with van der Waals surface area (Å²) >= 11 is 0. The molecule has 4 heteroatoms. The van der Waals surface area contributed by atoms with Gasteiger partial charge >= 0.3 is 0 Å². The summed E-state index contributed by atoms with van der Waals surface area (Å²) in [7, 11) is 3.35. The van der Waals surface area contributed by atoms with Crippen molar-refractivity contribution in [3.8, 4) is 5.75 Å². The van der Waals surface area contributed by atoms with Crippen LogP contribution in [-0.4, -0.2) is 36.1 Å².